The second-order valence-electron chi connectivity index (χ2n) is 6.70. The van der Waals surface area contributed by atoms with Gasteiger partial charge in [0.1, 0.15) is 5.02 Å². The van der Waals surface area contributed by atoms with Crippen molar-refractivity contribution < 1.29 is 0 Å². The van der Waals surface area contributed by atoms with Crippen molar-refractivity contribution in [1.82, 2.24) is 10.2 Å². The normalized spacial score (nSPS) is 41.5. The average molecular weight is 266 g/mol. The van der Waals surface area contributed by atoms with E-state index in [0.29, 0.717) is 10.8 Å². The molecule has 4 heteroatoms. The van der Waals surface area contributed by atoms with E-state index in [0.717, 1.165) is 41.7 Å². The molecule has 0 aromatic carbocycles. The minimum Gasteiger partial charge on any atom is -0.381 e. The zero-order valence-corrected chi connectivity index (χ0v) is 11.3. The number of nitrogens with two attached hydrogens (primary N) is 1. The summed E-state index contributed by atoms with van der Waals surface area (Å²) in [5, 5.41) is 7.70. The number of H-pyrrole nitrogens is 1. The lowest BCUT2D eigenvalue weighted by Crippen LogP contribution is -2.45. The molecule has 4 saturated carbocycles. The topological polar surface area (TPSA) is 54.7 Å². The van der Waals surface area contributed by atoms with Gasteiger partial charge in [0.25, 0.3) is 0 Å². The number of aromatic amines is 1. The molecule has 0 radical (unpaired) electrons. The molecular formula is C14H20ClN3. The zero-order valence-electron chi connectivity index (χ0n) is 10.5. The first-order chi connectivity index (χ1) is 8.70. The number of anilines is 1. The number of aromatic nitrogens is 2. The summed E-state index contributed by atoms with van der Waals surface area (Å²) in [5.41, 5.74) is 6.78. The molecule has 5 rings (SSSR count). The van der Waals surface area contributed by atoms with Gasteiger partial charge in [-0.05, 0) is 68.1 Å². The van der Waals surface area contributed by atoms with E-state index >= 15 is 0 Å². The van der Waals surface area contributed by atoms with Crippen LogP contribution in [0.3, 0.4) is 0 Å². The van der Waals surface area contributed by atoms with Crippen molar-refractivity contribution in [3.05, 3.63) is 10.7 Å². The van der Waals surface area contributed by atoms with Crippen LogP contribution in [0, 0.1) is 29.6 Å². The second-order valence-corrected chi connectivity index (χ2v) is 7.08. The van der Waals surface area contributed by atoms with Gasteiger partial charge >= 0.3 is 0 Å². The van der Waals surface area contributed by atoms with Gasteiger partial charge in [-0.1, -0.05) is 11.6 Å². The monoisotopic (exact) mass is 265 g/mol. The lowest BCUT2D eigenvalue weighted by molar-refractivity contribution is -0.0363. The molecule has 4 aliphatic carbocycles. The maximum Gasteiger partial charge on any atom is 0.164 e. The van der Waals surface area contributed by atoms with E-state index < -0.39 is 0 Å². The van der Waals surface area contributed by atoms with Crippen LogP contribution in [-0.4, -0.2) is 10.2 Å². The van der Waals surface area contributed by atoms with Gasteiger partial charge in [-0.3, -0.25) is 5.10 Å². The summed E-state index contributed by atoms with van der Waals surface area (Å²) in [5.74, 6) is 5.20. The number of rotatable bonds is 2. The Labute approximate surface area is 112 Å². The fraction of sp³-hybridized carbons (Fsp3) is 0.786. The maximum atomic E-state index is 6.20. The van der Waals surface area contributed by atoms with E-state index in [1.54, 1.807) is 0 Å². The van der Waals surface area contributed by atoms with E-state index in [2.05, 4.69) is 10.2 Å². The van der Waals surface area contributed by atoms with Gasteiger partial charge in [0, 0.05) is 0 Å². The fourth-order valence-electron chi connectivity index (χ4n) is 5.12. The van der Waals surface area contributed by atoms with E-state index in [1.807, 2.05) is 0 Å². The average Bonchev–Trinajstić information content (AvgIpc) is 2.64. The molecule has 1 heterocycles. The van der Waals surface area contributed by atoms with Crippen LogP contribution in [0.2, 0.25) is 5.02 Å². The largest absolute Gasteiger partial charge is 0.381 e. The van der Waals surface area contributed by atoms with Gasteiger partial charge in [-0.25, -0.2) is 0 Å². The molecule has 0 atom stereocenters. The quantitative estimate of drug-likeness (QED) is 0.862. The van der Waals surface area contributed by atoms with Crippen molar-refractivity contribution in [3.63, 3.8) is 0 Å². The summed E-state index contributed by atoms with van der Waals surface area (Å²) >= 11 is 6.20. The lowest BCUT2D eigenvalue weighted by atomic mass is 9.51. The second kappa shape index (κ2) is 3.89. The Kier molecular flexibility index (Phi) is 2.41. The Hall–Kier alpha value is -0.700. The minimum absolute atomic E-state index is 0.454. The Morgan fingerprint density at radius 1 is 1.11 bits per heavy atom. The Bertz CT molecular complexity index is 440. The van der Waals surface area contributed by atoms with Crippen molar-refractivity contribution in [1.29, 1.82) is 0 Å². The molecule has 4 fully saturated rings. The molecule has 4 bridgehead atoms. The standard InChI is InChI=1S/C14H20ClN3/c15-13-12(17-18-14(13)16)6-11-9-2-7-1-8(4-9)5-10(11)3-7/h7-11H,1-6H2,(H3,16,17,18). The molecule has 0 spiro atoms. The first kappa shape index (κ1) is 11.2. The molecule has 0 unspecified atom stereocenters. The van der Waals surface area contributed by atoms with E-state index in [9.17, 15) is 0 Å². The molecule has 3 N–H and O–H groups in total. The number of nitrogens with one attached hydrogen (secondary N) is 1. The third kappa shape index (κ3) is 1.59. The van der Waals surface area contributed by atoms with E-state index in [-0.39, 0.29) is 0 Å². The summed E-state index contributed by atoms with van der Waals surface area (Å²) in [6, 6.07) is 0. The van der Waals surface area contributed by atoms with Crippen molar-refractivity contribution in [2.75, 3.05) is 5.73 Å². The predicted octanol–water partition coefficient (Wildman–Crippen LogP) is 3.26. The fourth-order valence-corrected chi connectivity index (χ4v) is 5.28. The van der Waals surface area contributed by atoms with Crippen LogP contribution in [0.15, 0.2) is 0 Å². The lowest BCUT2D eigenvalue weighted by Gasteiger charge is -2.54. The van der Waals surface area contributed by atoms with E-state index in [1.165, 1.54) is 32.1 Å². The molecule has 3 nitrogen and oxygen atoms in total. The van der Waals surface area contributed by atoms with Crippen molar-refractivity contribution in [2.45, 2.75) is 38.5 Å². The molecule has 4 aliphatic rings. The Morgan fingerprint density at radius 2 is 1.72 bits per heavy atom. The van der Waals surface area contributed by atoms with Crippen LogP contribution in [0.4, 0.5) is 5.82 Å². The van der Waals surface area contributed by atoms with E-state index in [4.69, 9.17) is 17.3 Å². The maximum absolute atomic E-state index is 6.20. The summed E-state index contributed by atoms with van der Waals surface area (Å²) in [6.45, 7) is 0. The summed E-state index contributed by atoms with van der Waals surface area (Å²) in [6.07, 6.45) is 8.39. The highest BCUT2D eigenvalue weighted by atomic mass is 35.5. The Balaban J connectivity index is 1.57. The SMILES string of the molecule is Nc1n[nH]c(CC2C3CC4CC(C3)CC2C4)c1Cl. The van der Waals surface area contributed by atoms with Gasteiger partial charge in [-0.2, -0.15) is 5.10 Å². The van der Waals surface area contributed by atoms with Gasteiger partial charge in [0.2, 0.25) is 0 Å². The minimum atomic E-state index is 0.454. The summed E-state index contributed by atoms with van der Waals surface area (Å²) in [4.78, 5) is 0. The number of nitrogen functional groups attached to an aromatic ring is 1. The van der Waals surface area contributed by atoms with Gasteiger partial charge in [0.15, 0.2) is 5.82 Å². The number of hydrogen-bond donors (Lipinski definition) is 2. The molecule has 18 heavy (non-hydrogen) atoms. The highest BCUT2D eigenvalue weighted by Crippen LogP contribution is 2.57. The smallest absolute Gasteiger partial charge is 0.164 e. The predicted molar refractivity (Wildman–Crippen MR) is 72.2 cm³/mol. The number of halogens is 1. The van der Waals surface area contributed by atoms with Crippen LogP contribution < -0.4 is 5.73 Å². The van der Waals surface area contributed by atoms with Gasteiger partial charge in [0.05, 0.1) is 5.69 Å². The zero-order chi connectivity index (χ0) is 12.3. The summed E-state index contributed by atoms with van der Waals surface area (Å²) in [7, 11) is 0. The molecule has 98 valence electrons. The third-order valence-corrected chi connectivity index (χ3v) is 6.08. The van der Waals surface area contributed by atoms with Gasteiger partial charge in [-0.15, -0.1) is 0 Å². The molecule has 1 aromatic heterocycles. The highest BCUT2D eigenvalue weighted by molar-refractivity contribution is 6.33. The molecule has 0 saturated heterocycles. The van der Waals surface area contributed by atoms with Crippen molar-refractivity contribution in [3.8, 4) is 0 Å². The summed E-state index contributed by atoms with van der Waals surface area (Å²) < 4.78 is 0. The highest BCUT2D eigenvalue weighted by Gasteiger charge is 2.48. The van der Waals surface area contributed by atoms with Crippen LogP contribution in [0.1, 0.15) is 37.8 Å². The number of hydrogen-bond acceptors (Lipinski definition) is 2. The van der Waals surface area contributed by atoms with Crippen LogP contribution in [0.5, 0.6) is 0 Å². The first-order valence-corrected chi connectivity index (χ1v) is 7.56. The molecular weight excluding hydrogens is 246 g/mol. The van der Waals surface area contributed by atoms with Crippen LogP contribution in [0.25, 0.3) is 0 Å². The van der Waals surface area contributed by atoms with Crippen molar-refractivity contribution in [2.24, 2.45) is 29.6 Å². The van der Waals surface area contributed by atoms with Crippen molar-refractivity contribution >= 4 is 17.4 Å². The van der Waals surface area contributed by atoms with Gasteiger partial charge < -0.3 is 5.73 Å². The third-order valence-electron chi connectivity index (χ3n) is 5.66. The Morgan fingerprint density at radius 3 is 2.22 bits per heavy atom. The molecule has 0 aliphatic heterocycles. The first-order valence-electron chi connectivity index (χ1n) is 7.19. The van der Waals surface area contributed by atoms with Crippen LogP contribution >= 0.6 is 11.6 Å². The van der Waals surface area contributed by atoms with Crippen LogP contribution in [-0.2, 0) is 6.42 Å². The number of nitrogens with zero attached hydrogens (tertiary/aromatic N) is 1. The molecule has 0 amide bonds. The molecule has 1 aromatic rings.